The van der Waals surface area contributed by atoms with Crippen molar-refractivity contribution in [1.29, 1.82) is 0 Å². The van der Waals surface area contributed by atoms with Crippen molar-refractivity contribution in [3.05, 3.63) is 11.1 Å². The van der Waals surface area contributed by atoms with E-state index in [1.165, 1.54) is 44.9 Å². The third kappa shape index (κ3) is 14.6. The van der Waals surface area contributed by atoms with E-state index in [4.69, 9.17) is 4.55 Å². The van der Waals surface area contributed by atoms with E-state index in [1.807, 2.05) is 0 Å². The molecule has 0 aromatic heterocycles. The lowest BCUT2D eigenvalue weighted by atomic mass is 9.97. The van der Waals surface area contributed by atoms with Crippen molar-refractivity contribution in [2.45, 2.75) is 96.8 Å². The molecule has 7 nitrogen and oxygen atoms in total. The van der Waals surface area contributed by atoms with Crippen LogP contribution in [0.15, 0.2) is 11.1 Å². The Kier molecular flexibility index (Phi) is 14.7. The smallest absolute Gasteiger partial charge is 0.332 e. The molecule has 0 saturated carbocycles. The summed E-state index contributed by atoms with van der Waals surface area (Å²) in [6.45, 7) is 2.20. The predicted molar refractivity (Wildman–Crippen MR) is 109 cm³/mol. The zero-order valence-corrected chi connectivity index (χ0v) is 17.8. The first kappa shape index (κ1) is 26.6. The van der Waals surface area contributed by atoms with Gasteiger partial charge < -0.3 is 10.2 Å². The number of carboxylic acids is 2. The summed E-state index contributed by atoms with van der Waals surface area (Å²) in [6, 6.07) is 0. The molecule has 0 aliphatic heterocycles. The van der Waals surface area contributed by atoms with Crippen LogP contribution in [0.3, 0.4) is 0 Å². The van der Waals surface area contributed by atoms with Crippen LogP contribution in [-0.2, 0) is 19.7 Å². The predicted octanol–water partition coefficient (Wildman–Crippen LogP) is 4.82. The molecule has 0 aliphatic carbocycles. The molecule has 0 bridgehead atoms. The third-order valence-electron chi connectivity index (χ3n) is 4.74. The number of hydrogen-bond acceptors (Lipinski definition) is 4. The Bertz CT molecular complexity index is 594. The van der Waals surface area contributed by atoms with Gasteiger partial charge in [0.2, 0.25) is 0 Å². The molecule has 8 heteroatoms. The first-order valence-electron chi connectivity index (χ1n) is 10.3. The lowest BCUT2D eigenvalue weighted by molar-refractivity contribution is -0.136. The number of aliphatic carboxylic acids is 2. The highest BCUT2D eigenvalue weighted by molar-refractivity contribution is 7.85. The van der Waals surface area contributed by atoms with Crippen LogP contribution in [0.1, 0.15) is 96.8 Å². The Labute approximate surface area is 169 Å². The molecule has 0 saturated heterocycles. The molecule has 0 heterocycles. The van der Waals surface area contributed by atoms with Crippen molar-refractivity contribution in [2.75, 3.05) is 5.75 Å². The molecule has 0 radical (unpaired) electrons. The Morgan fingerprint density at radius 1 is 0.643 bits per heavy atom. The van der Waals surface area contributed by atoms with Crippen LogP contribution in [0.2, 0.25) is 0 Å². The summed E-state index contributed by atoms with van der Waals surface area (Å²) in [5.41, 5.74) is -0.443. The fraction of sp³-hybridized carbons (Fsp3) is 0.800. The number of unbranched alkanes of at least 4 members (excludes halogenated alkanes) is 10. The Balaban J connectivity index is 4.27. The normalized spacial score (nSPS) is 12.6. The highest BCUT2D eigenvalue weighted by Gasteiger charge is 2.20. The number of carboxylic acid groups (broad SMARTS) is 2. The molecule has 0 unspecified atom stereocenters. The largest absolute Gasteiger partial charge is 0.478 e. The van der Waals surface area contributed by atoms with Crippen molar-refractivity contribution < 1.29 is 32.8 Å². The van der Waals surface area contributed by atoms with Gasteiger partial charge in [-0.3, -0.25) is 4.55 Å². The van der Waals surface area contributed by atoms with E-state index in [0.717, 1.165) is 19.3 Å². The first-order valence-corrected chi connectivity index (χ1v) is 11.9. The van der Waals surface area contributed by atoms with Crippen LogP contribution in [0, 0.1) is 0 Å². The van der Waals surface area contributed by atoms with E-state index < -0.39 is 27.8 Å². The molecule has 0 aromatic rings. The Hall–Kier alpha value is -1.41. The second-order valence-corrected chi connectivity index (χ2v) is 8.81. The van der Waals surface area contributed by atoms with Gasteiger partial charge in [0.1, 0.15) is 0 Å². The van der Waals surface area contributed by atoms with Crippen LogP contribution in [-0.4, -0.2) is 40.9 Å². The van der Waals surface area contributed by atoms with E-state index in [0.29, 0.717) is 6.42 Å². The number of hydrogen-bond donors (Lipinski definition) is 3. The molecule has 0 fully saturated rings. The summed E-state index contributed by atoms with van der Waals surface area (Å²) >= 11 is 0. The third-order valence-corrected chi connectivity index (χ3v) is 5.54. The maximum absolute atomic E-state index is 11.4. The van der Waals surface area contributed by atoms with Gasteiger partial charge in [-0.1, -0.05) is 71.1 Å². The number of rotatable bonds is 18. The van der Waals surface area contributed by atoms with Gasteiger partial charge in [-0.2, -0.15) is 8.42 Å². The van der Waals surface area contributed by atoms with E-state index in [1.54, 1.807) is 0 Å². The van der Waals surface area contributed by atoms with Crippen LogP contribution in [0.4, 0.5) is 0 Å². The second kappa shape index (κ2) is 15.5. The summed E-state index contributed by atoms with van der Waals surface area (Å²) in [4.78, 5) is 22.8. The fourth-order valence-electron chi connectivity index (χ4n) is 3.17. The molecule has 0 aromatic carbocycles. The highest BCUT2D eigenvalue weighted by atomic mass is 32.2. The van der Waals surface area contributed by atoms with E-state index in [9.17, 15) is 28.2 Å². The van der Waals surface area contributed by atoms with Crippen LogP contribution < -0.4 is 0 Å². The second-order valence-electron chi connectivity index (χ2n) is 7.24. The van der Waals surface area contributed by atoms with E-state index in [-0.39, 0.29) is 30.4 Å². The Morgan fingerprint density at radius 3 is 1.36 bits per heavy atom. The molecule has 0 rings (SSSR count). The summed E-state index contributed by atoms with van der Waals surface area (Å²) in [7, 11) is -4.19. The minimum absolute atomic E-state index is 0.129. The van der Waals surface area contributed by atoms with Gasteiger partial charge in [0.25, 0.3) is 10.1 Å². The first-order chi connectivity index (χ1) is 13.2. The molecule has 0 amide bonds. The molecule has 0 aliphatic rings. The minimum Gasteiger partial charge on any atom is -0.478 e. The van der Waals surface area contributed by atoms with E-state index in [2.05, 4.69) is 6.92 Å². The molecule has 3 N–H and O–H groups in total. The maximum atomic E-state index is 11.4. The molecule has 28 heavy (non-hydrogen) atoms. The van der Waals surface area contributed by atoms with Crippen molar-refractivity contribution >= 4 is 22.1 Å². The molecular weight excluding hydrogens is 384 g/mol. The topological polar surface area (TPSA) is 129 Å². The minimum atomic E-state index is -4.19. The zero-order chi connectivity index (χ0) is 21.4. The quantitative estimate of drug-likeness (QED) is 0.165. The van der Waals surface area contributed by atoms with Gasteiger partial charge in [-0.15, -0.1) is 0 Å². The van der Waals surface area contributed by atoms with Crippen molar-refractivity contribution in [3.8, 4) is 0 Å². The maximum Gasteiger partial charge on any atom is 0.332 e. The fourth-order valence-corrected chi connectivity index (χ4v) is 3.68. The summed E-state index contributed by atoms with van der Waals surface area (Å²) in [6.07, 6.45) is 12.1. The van der Waals surface area contributed by atoms with Gasteiger partial charge in [0.15, 0.2) is 0 Å². The van der Waals surface area contributed by atoms with Crippen molar-refractivity contribution in [1.82, 2.24) is 0 Å². The van der Waals surface area contributed by atoms with E-state index >= 15 is 0 Å². The summed E-state index contributed by atoms with van der Waals surface area (Å²) in [5, 5.41) is 18.6. The zero-order valence-electron chi connectivity index (χ0n) is 17.0. The standard InChI is InChI=1S/C20H36O7S/c1-2-3-4-5-6-7-8-9-10-11-12-14-17(19(21)22)18(20(23)24)15-13-16-28(25,26)27/h2-16H2,1H3,(H,21,22)(H,23,24)(H,25,26,27)/b18-17-. The van der Waals surface area contributed by atoms with Gasteiger partial charge >= 0.3 is 11.9 Å². The Morgan fingerprint density at radius 2 is 1.00 bits per heavy atom. The van der Waals surface area contributed by atoms with Crippen molar-refractivity contribution in [2.24, 2.45) is 0 Å². The monoisotopic (exact) mass is 420 g/mol. The molecular formula is C20H36O7S. The highest BCUT2D eigenvalue weighted by Crippen LogP contribution is 2.20. The van der Waals surface area contributed by atoms with Gasteiger partial charge in [-0.25, -0.2) is 9.59 Å². The van der Waals surface area contributed by atoms with Crippen LogP contribution in [0.5, 0.6) is 0 Å². The lowest BCUT2D eigenvalue weighted by Crippen LogP contribution is -2.13. The summed E-state index contributed by atoms with van der Waals surface area (Å²) in [5.74, 6) is -3.22. The molecule has 0 spiro atoms. The summed E-state index contributed by atoms with van der Waals surface area (Å²) < 4.78 is 30.2. The number of carbonyl (C=O) groups is 2. The average Bonchev–Trinajstić information content (AvgIpc) is 2.59. The van der Waals surface area contributed by atoms with Crippen LogP contribution >= 0.6 is 0 Å². The molecule has 0 atom stereocenters. The SMILES string of the molecule is CCCCCCCCCCCCC/C(C(=O)O)=C(\CCCS(=O)(=O)O)C(=O)O. The molecule has 164 valence electrons. The van der Waals surface area contributed by atoms with Gasteiger partial charge in [0, 0.05) is 11.1 Å². The average molecular weight is 421 g/mol. The lowest BCUT2D eigenvalue weighted by Gasteiger charge is -2.09. The van der Waals surface area contributed by atoms with Gasteiger partial charge in [-0.05, 0) is 25.7 Å². The van der Waals surface area contributed by atoms with Crippen LogP contribution in [0.25, 0.3) is 0 Å². The van der Waals surface area contributed by atoms with Gasteiger partial charge in [0.05, 0.1) is 5.75 Å². The van der Waals surface area contributed by atoms with Crippen molar-refractivity contribution in [3.63, 3.8) is 0 Å².